The third kappa shape index (κ3) is 2.16. The van der Waals surface area contributed by atoms with E-state index in [-0.39, 0.29) is 5.91 Å². The van der Waals surface area contributed by atoms with Crippen LogP contribution < -0.4 is 11.1 Å². The number of carbonyl (C=O) groups excluding carboxylic acids is 2. The molecule has 2 heterocycles. The standard InChI is InChI=1S/C11H15N3O3/c1-7-8(2-5-17-7)11(16)14-4-3-13-6-9(14)10(12)15/h2,5,9,13H,3-4,6H2,1H3,(H2,12,15). The lowest BCUT2D eigenvalue weighted by atomic mass is 10.1. The second-order valence-corrected chi connectivity index (χ2v) is 4.01. The van der Waals surface area contributed by atoms with Gasteiger partial charge in [-0.1, -0.05) is 0 Å². The molecule has 1 unspecified atom stereocenters. The fourth-order valence-electron chi connectivity index (χ4n) is 1.96. The van der Waals surface area contributed by atoms with Crippen molar-refractivity contribution in [3.05, 3.63) is 23.7 Å². The molecule has 6 nitrogen and oxygen atoms in total. The molecule has 0 aromatic carbocycles. The van der Waals surface area contributed by atoms with E-state index in [9.17, 15) is 9.59 Å². The van der Waals surface area contributed by atoms with Crippen LogP contribution in [0.25, 0.3) is 0 Å². The SMILES string of the molecule is Cc1occc1C(=O)N1CCNCC1C(N)=O. The number of hydrogen-bond donors (Lipinski definition) is 2. The Balaban J connectivity index is 2.23. The van der Waals surface area contributed by atoms with Gasteiger partial charge in [-0.25, -0.2) is 0 Å². The third-order valence-corrected chi connectivity index (χ3v) is 2.92. The zero-order valence-corrected chi connectivity index (χ0v) is 9.60. The number of rotatable bonds is 2. The normalized spacial score (nSPS) is 20.3. The van der Waals surface area contributed by atoms with Gasteiger partial charge in [0.1, 0.15) is 11.8 Å². The molecule has 1 aromatic rings. The van der Waals surface area contributed by atoms with Crippen LogP contribution >= 0.6 is 0 Å². The van der Waals surface area contributed by atoms with E-state index >= 15 is 0 Å². The number of nitrogens with zero attached hydrogens (tertiary/aromatic N) is 1. The second-order valence-electron chi connectivity index (χ2n) is 4.01. The molecule has 0 saturated carbocycles. The first-order valence-corrected chi connectivity index (χ1v) is 5.46. The predicted molar refractivity (Wildman–Crippen MR) is 60.3 cm³/mol. The molecule has 1 aliphatic rings. The molecular formula is C11H15N3O3. The summed E-state index contributed by atoms with van der Waals surface area (Å²) in [5.74, 6) is -0.148. The molecule has 6 heteroatoms. The monoisotopic (exact) mass is 237 g/mol. The van der Waals surface area contributed by atoms with Crippen LogP contribution in [0.4, 0.5) is 0 Å². The third-order valence-electron chi connectivity index (χ3n) is 2.92. The zero-order chi connectivity index (χ0) is 12.4. The van der Waals surface area contributed by atoms with Gasteiger partial charge in [-0.05, 0) is 13.0 Å². The Morgan fingerprint density at radius 1 is 1.59 bits per heavy atom. The van der Waals surface area contributed by atoms with E-state index in [4.69, 9.17) is 10.2 Å². The molecule has 1 atom stereocenters. The maximum absolute atomic E-state index is 12.2. The minimum absolute atomic E-state index is 0.207. The van der Waals surface area contributed by atoms with Crippen molar-refractivity contribution in [1.82, 2.24) is 10.2 Å². The second kappa shape index (κ2) is 4.58. The van der Waals surface area contributed by atoms with Crippen LogP contribution in [0.1, 0.15) is 16.1 Å². The molecule has 0 aliphatic carbocycles. The highest BCUT2D eigenvalue weighted by atomic mass is 16.3. The van der Waals surface area contributed by atoms with Crippen molar-refractivity contribution in [3.63, 3.8) is 0 Å². The van der Waals surface area contributed by atoms with Crippen molar-refractivity contribution in [2.75, 3.05) is 19.6 Å². The van der Waals surface area contributed by atoms with Crippen LogP contribution in [0.3, 0.4) is 0 Å². The largest absolute Gasteiger partial charge is 0.469 e. The Morgan fingerprint density at radius 3 is 2.94 bits per heavy atom. The smallest absolute Gasteiger partial charge is 0.258 e. The molecular weight excluding hydrogens is 222 g/mol. The number of primary amides is 1. The molecule has 0 bridgehead atoms. The van der Waals surface area contributed by atoms with Crippen LogP contribution in [-0.4, -0.2) is 42.4 Å². The van der Waals surface area contributed by atoms with Crippen LogP contribution in [0.5, 0.6) is 0 Å². The number of nitrogens with one attached hydrogen (secondary N) is 1. The van der Waals surface area contributed by atoms with Crippen molar-refractivity contribution in [2.24, 2.45) is 5.73 Å². The van der Waals surface area contributed by atoms with E-state index in [1.165, 1.54) is 11.2 Å². The number of carbonyl (C=O) groups is 2. The number of furan rings is 1. The van der Waals surface area contributed by atoms with Gasteiger partial charge in [0, 0.05) is 19.6 Å². The summed E-state index contributed by atoms with van der Waals surface area (Å²) in [6.07, 6.45) is 1.46. The molecule has 1 saturated heterocycles. The van der Waals surface area contributed by atoms with Crippen molar-refractivity contribution in [2.45, 2.75) is 13.0 Å². The van der Waals surface area contributed by atoms with Gasteiger partial charge in [0.25, 0.3) is 5.91 Å². The van der Waals surface area contributed by atoms with E-state index in [1.54, 1.807) is 13.0 Å². The first-order chi connectivity index (χ1) is 8.11. The van der Waals surface area contributed by atoms with Gasteiger partial charge in [0.05, 0.1) is 11.8 Å². The van der Waals surface area contributed by atoms with Gasteiger partial charge in [-0.15, -0.1) is 0 Å². The molecule has 92 valence electrons. The van der Waals surface area contributed by atoms with Crippen LogP contribution in [0, 0.1) is 6.92 Å². The van der Waals surface area contributed by atoms with Gasteiger partial charge in [0.15, 0.2) is 0 Å². The Morgan fingerprint density at radius 2 is 2.35 bits per heavy atom. The number of piperazine rings is 1. The maximum atomic E-state index is 12.2. The Bertz CT molecular complexity index is 441. The molecule has 3 N–H and O–H groups in total. The molecule has 2 amide bonds. The summed E-state index contributed by atoms with van der Waals surface area (Å²) in [5, 5.41) is 3.04. The summed E-state index contributed by atoms with van der Waals surface area (Å²) in [7, 11) is 0. The van der Waals surface area contributed by atoms with Crippen LogP contribution in [0.15, 0.2) is 16.7 Å². The minimum atomic E-state index is -0.592. The average molecular weight is 237 g/mol. The molecule has 1 aliphatic heterocycles. The number of hydrogen-bond acceptors (Lipinski definition) is 4. The van der Waals surface area contributed by atoms with Crippen molar-refractivity contribution >= 4 is 11.8 Å². The topological polar surface area (TPSA) is 88.6 Å². The molecule has 17 heavy (non-hydrogen) atoms. The van der Waals surface area contributed by atoms with Gasteiger partial charge < -0.3 is 20.4 Å². The fourth-order valence-corrected chi connectivity index (χ4v) is 1.96. The van der Waals surface area contributed by atoms with E-state index < -0.39 is 11.9 Å². The first kappa shape index (κ1) is 11.7. The lowest BCUT2D eigenvalue weighted by Gasteiger charge is -2.34. The van der Waals surface area contributed by atoms with Crippen LogP contribution in [0.2, 0.25) is 0 Å². The fraction of sp³-hybridized carbons (Fsp3) is 0.455. The zero-order valence-electron chi connectivity index (χ0n) is 9.60. The summed E-state index contributed by atoms with van der Waals surface area (Å²) in [4.78, 5) is 25.0. The number of aryl methyl sites for hydroxylation is 1. The Hall–Kier alpha value is -1.82. The number of amides is 2. The Labute approximate surface area is 98.7 Å². The summed E-state index contributed by atoms with van der Waals surface area (Å²) in [5.41, 5.74) is 5.77. The van der Waals surface area contributed by atoms with E-state index in [0.29, 0.717) is 31.0 Å². The summed E-state index contributed by atoms with van der Waals surface area (Å²) < 4.78 is 5.09. The minimum Gasteiger partial charge on any atom is -0.469 e. The van der Waals surface area contributed by atoms with Gasteiger partial charge in [0.2, 0.25) is 5.91 Å². The van der Waals surface area contributed by atoms with Crippen molar-refractivity contribution in [1.29, 1.82) is 0 Å². The van der Waals surface area contributed by atoms with E-state index in [0.717, 1.165) is 0 Å². The molecule has 1 aromatic heterocycles. The molecule has 0 spiro atoms. The van der Waals surface area contributed by atoms with Crippen molar-refractivity contribution in [3.8, 4) is 0 Å². The highest BCUT2D eigenvalue weighted by molar-refractivity contribution is 5.98. The lowest BCUT2D eigenvalue weighted by molar-refractivity contribution is -0.122. The van der Waals surface area contributed by atoms with Gasteiger partial charge in [-0.3, -0.25) is 9.59 Å². The van der Waals surface area contributed by atoms with E-state index in [1.807, 2.05) is 0 Å². The van der Waals surface area contributed by atoms with E-state index in [2.05, 4.69) is 5.32 Å². The molecule has 1 fully saturated rings. The average Bonchev–Trinajstić information content (AvgIpc) is 2.74. The summed E-state index contributed by atoms with van der Waals surface area (Å²) in [6, 6.07) is 1.02. The highest BCUT2D eigenvalue weighted by Gasteiger charge is 2.32. The van der Waals surface area contributed by atoms with Gasteiger partial charge >= 0.3 is 0 Å². The summed E-state index contributed by atoms with van der Waals surface area (Å²) >= 11 is 0. The van der Waals surface area contributed by atoms with Gasteiger partial charge in [-0.2, -0.15) is 0 Å². The lowest BCUT2D eigenvalue weighted by Crippen LogP contribution is -2.58. The summed E-state index contributed by atoms with van der Waals surface area (Å²) in [6.45, 7) is 3.25. The Kier molecular flexibility index (Phi) is 3.14. The first-order valence-electron chi connectivity index (χ1n) is 5.46. The van der Waals surface area contributed by atoms with Crippen LogP contribution in [-0.2, 0) is 4.79 Å². The molecule has 2 rings (SSSR count). The molecule has 0 radical (unpaired) electrons. The van der Waals surface area contributed by atoms with Crippen molar-refractivity contribution < 1.29 is 14.0 Å². The predicted octanol–water partition coefficient (Wildman–Crippen LogP) is -0.513. The highest BCUT2D eigenvalue weighted by Crippen LogP contribution is 2.15. The maximum Gasteiger partial charge on any atom is 0.258 e. The quantitative estimate of drug-likeness (QED) is 0.725. The number of nitrogens with two attached hydrogens (primary N) is 1.